The number of aromatic nitrogens is 2. The number of carbonyl (C=O) groups is 1. The average Bonchev–Trinajstić information content (AvgIpc) is 3.21. The summed E-state index contributed by atoms with van der Waals surface area (Å²) in [6.45, 7) is 0. The van der Waals surface area contributed by atoms with Crippen molar-refractivity contribution >= 4 is 33.0 Å². The predicted molar refractivity (Wildman–Crippen MR) is 133 cm³/mol. The minimum atomic E-state index is -0.213. The number of pyridine rings is 2. The molecule has 7 nitrogen and oxygen atoms in total. The van der Waals surface area contributed by atoms with Gasteiger partial charge in [0.2, 0.25) is 11.5 Å². The molecule has 0 saturated carbocycles. The molecule has 0 aliphatic heterocycles. The highest BCUT2D eigenvalue weighted by Crippen LogP contribution is 2.45. The van der Waals surface area contributed by atoms with Crippen LogP contribution >= 0.6 is 11.3 Å². The van der Waals surface area contributed by atoms with Gasteiger partial charge in [0.1, 0.15) is 9.71 Å². The Labute approximate surface area is 201 Å². The number of ketones is 1. The molecular weight excluding hydrogens is 450 g/mol. The van der Waals surface area contributed by atoms with Crippen molar-refractivity contribution in [2.45, 2.75) is 25.7 Å². The van der Waals surface area contributed by atoms with E-state index < -0.39 is 0 Å². The largest absolute Gasteiger partial charge is 0.493 e. The smallest absolute Gasteiger partial charge is 0.205 e. The van der Waals surface area contributed by atoms with Gasteiger partial charge in [0.25, 0.3) is 0 Å². The molecule has 4 aromatic rings. The Bertz CT molecular complexity index is 1370. The number of nitrogens with two attached hydrogens (primary N) is 1. The summed E-state index contributed by atoms with van der Waals surface area (Å²) in [5.41, 5.74) is 11.9. The third-order valence-electron chi connectivity index (χ3n) is 6.24. The topological polar surface area (TPSA) is 96.6 Å². The first-order valence-electron chi connectivity index (χ1n) is 11.1. The molecule has 3 aromatic heterocycles. The van der Waals surface area contributed by atoms with Crippen molar-refractivity contribution in [3.63, 3.8) is 0 Å². The lowest BCUT2D eigenvalue weighted by molar-refractivity contribution is 0.104. The molecule has 0 spiro atoms. The molecule has 34 heavy (non-hydrogen) atoms. The van der Waals surface area contributed by atoms with Gasteiger partial charge in [-0.2, -0.15) is 0 Å². The molecule has 1 aliphatic carbocycles. The maximum atomic E-state index is 13.7. The van der Waals surface area contributed by atoms with Crippen molar-refractivity contribution in [2.24, 2.45) is 0 Å². The second-order valence-corrected chi connectivity index (χ2v) is 9.13. The lowest BCUT2D eigenvalue weighted by atomic mass is 9.88. The van der Waals surface area contributed by atoms with Crippen LogP contribution in [0.3, 0.4) is 0 Å². The first-order valence-corrected chi connectivity index (χ1v) is 11.9. The van der Waals surface area contributed by atoms with E-state index in [0.29, 0.717) is 33.4 Å². The highest BCUT2D eigenvalue weighted by molar-refractivity contribution is 7.21. The molecule has 0 saturated heterocycles. The monoisotopic (exact) mass is 475 g/mol. The first-order chi connectivity index (χ1) is 16.6. The van der Waals surface area contributed by atoms with Crippen LogP contribution in [0.4, 0.5) is 5.69 Å². The zero-order valence-corrected chi connectivity index (χ0v) is 20.1. The summed E-state index contributed by atoms with van der Waals surface area (Å²) in [6, 6.07) is 7.25. The van der Waals surface area contributed by atoms with Crippen LogP contribution in [-0.2, 0) is 12.8 Å². The van der Waals surface area contributed by atoms with E-state index >= 15 is 0 Å². The number of ether oxygens (including phenoxy) is 3. The van der Waals surface area contributed by atoms with Crippen LogP contribution < -0.4 is 19.9 Å². The fourth-order valence-corrected chi connectivity index (χ4v) is 5.73. The summed E-state index contributed by atoms with van der Waals surface area (Å²) in [6.07, 6.45) is 7.68. The lowest BCUT2D eigenvalue weighted by Crippen LogP contribution is -2.08. The molecule has 0 radical (unpaired) electrons. The number of aryl methyl sites for hydroxylation is 1. The van der Waals surface area contributed by atoms with E-state index in [1.807, 2.05) is 18.3 Å². The Morgan fingerprint density at radius 2 is 1.79 bits per heavy atom. The van der Waals surface area contributed by atoms with Crippen molar-refractivity contribution in [2.75, 3.05) is 27.1 Å². The van der Waals surface area contributed by atoms with E-state index in [0.717, 1.165) is 52.7 Å². The summed E-state index contributed by atoms with van der Waals surface area (Å²) in [5, 5.41) is 0.828. The number of nitrogens with zero attached hydrogens (tertiary/aromatic N) is 2. The SMILES string of the molecule is COc1cc(C(=O)c2sc3nc4c(c(-c5cccnc5)c3c2N)CCCC4)cc(OC)c1OC. The van der Waals surface area contributed by atoms with Gasteiger partial charge in [-0.05, 0) is 49.4 Å². The molecule has 2 N–H and O–H groups in total. The molecule has 5 rings (SSSR count). The normalized spacial score (nSPS) is 12.9. The fraction of sp³-hybridized carbons (Fsp3) is 0.269. The molecule has 1 aromatic carbocycles. The average molecular weight is 476 g/mol. The maximum Gasteiger partial charge on any atom is 0.205 e. The lowest BCUT2D eigenvalue weighted by Gasteiger charge is -2.20. The second-order valence-electron chi connectivity index (χ2n) is 8.13. The van der Waals surface area contributed by atoms with Crippen molar-refractivity contribution in [3.8, 4) is 28.4 Å². The number of hydrogen-bond acceptors (Lipinski definition) is 8. The van der Waals surface area contributed by atoms with Crippen molar-refractivity contribution in [1.82, 2.24) is 9.97 Å². The minimum Gasteiger partial charge on any atom is -0.493 e. The zero-order valence-electron chi connectivity index (χ0n) is 19.3. The summed E-state index contributed by atoms with van der Waals surface area (Å²) in [7, 11) is 4.57. The molecule has 8 heteroatoms. The van der Waals surface area contributed by atoms with Gasteiger partial charge in [-0.25, -0.2) is 4.98 Å². The van der Waals surface area contributed by atoms with Gasteiger partial charge in [0, 0.05) is 40.2 Å². The number of thiophene rings is 1. The van der Waals surface area contributed by atoms with E-state index in [4.69, 9.17) is 24.9 Å². The number of nitrogen functional groups attached to an aromatic ring is 1. The highest BCUT2D eigenvalue weighted by atomic mass is 32.1. The number of methoxy groups -OCH3 is 3. The van der Waals surface area contributed by atoms with Crippen LogP contribution in [0.15, 0.2) is 36.7 Å². The molecule has 174 valence electrons. The van der Waals surface area contributed by atoms with Crippen molar-refractivity contribution in [1.29, 1.82) is 0 Å². The molecular formula is C26H25N3O4S. The number of carbonyl (C=O) groups excluding carboxylic acids is 1. The van der Waals surface area contributed by atoms with E-state index in [1.165, 1.54) is 38.2 Å². The zero-order chi connectivity index (χ0) is 23.8. The van der Waals surface area contributed by atoms with Crippen LogP contribution in [0.2, 0.25) is 0 Å². The summed E-state index contributed by atoms with van der Waals surface area (Å²) < 4.78 is 16.3. The van der Waals surface area contributed by atoms with E-state index in [1.54, 1.807) is 18.3 Å². The third-order valence-corrected chi connectivity index (χ3v) is 7.34. The standard InChI is InChI=1S/C26H25N3O4S/c1-31-18-11-15(12-19(32-2)24(18)33-3)23(30)25-22(27)21-20(14-7-6-10-28-13-14)16-8-4-5-9-17(16)29-26(21)34-25/h6-7,10-13H,4-5,8-9,27H2,1-3H3. The van der Waals surface area contributed by atoms with Crippen molar-refractivity contribution in [3.05, 3.63) is 58.4 Å². The van der Waals surface area contributed by atoms with Crippen molar-refractivity contribution < 1.29 is 19.0 Å². The Hall–Kier alpha value is -3.65. The van der Waals surface area contributed by atoms with Gasteiger partial charge in [-0.3, -0.25) is 9.78 Å². The maximum absolute atomic E-state index is 13.7. The van der Waals surface area contributed by atoms with Crippen LogP contribution in [0, 0.1) is 0 Å². The number of hydrogen-bond donors (Lipinski definition) is 1. The Kier molecular flexibility index (Phi) is 5.83. The molecule has 0 fully saturated rings. The molecule has 0 atom stereocenters. The second kappa shape index (κ2) is 8.95. The quantitative estimate of drug-likeness (QED) is 0.389. The number of rotatable bonds is 6. The van der Waals surface area contributed by atoms with E-state index in [-0.39, 0.29) is 5.78 Å². The van der Waals surface area contributed by atoms with Crippen LogP contribution in [0.1, 0.15) is 39.3 Å². The predicted octanol–water partition coefficient (Wildman–Crippen LogP) is 5.08. The van der Waals surface area contributed by atoms with Crippen LogP contribution in [0.25, 0.3) is 21.3 Å². The molecule has 3 heterocycles. The summed E-state index contributed by atoms with van der Waals surface area (Å²) in [5.74, 6) is 1.04. The van der Waals surface area contributed by atoms with Gasteiger partial charge in [-0.15, -0.1) is 11.3 Å². The first kappa shape index (κ1) is 22.2. The highest BCUT2D eigenvalue weighted by Gasteiger charge is 2.27. The van der Waals surface area contributed by atoms with Crippen LogP contribution in [-0.4, -0.2) is 37.1 Å². The third kappa shape index (κ3) is 3.54. The minimum absolute atomic E-state index is 0.213. The van der Waals surface area contributed by atoms with Gasteiger partial charge in [0.15, 0.2) is 11.5 Å². The fourth-order valence-electron chi connectivity index (χ4n) is 4.65. The summed E-state index contributed by atoms with van der Waals surface area (Å²) >= 11 is 1.33. The van der Waals surface area contributed by atoms with Gasteiger partial charge in [-0.1, -0.05) is 6.07 Å². The van der Waals surface area contributed by atoms with Gasteiger partial charge >= 0.3 is 0 Å². The van der Waals surface area contributed by atoms with E-state index in [2.05, 4.69) is 4.98 Å². The Morgan fingerprint density at radius 3 is 2.44 bits per heavy atom. The number of fused-ring (bicyclic) bond motifs is 2. The Balaban J connectivity index is 1.72. The molecule has 1 aliphatic rings. The van der Waals surface area contributed by atoms with E-state index in [9.17, 15) is 4.79 Å². The van der Waals surface area contributed by atoms with Crippen LogP contribution in [0.5, 0.6) is 17.2 Å². The molecule has 0 unspecified atom stereocenters. The molecule has 0 bridgehead atoms. The number of benzene rings is 1. The van der Waals surface area contributed by atoms with Gasteiger partial charge in [0.05, 0.1) is 27.0 Å². The Morgan fingerprint density at radius 1 is 1.06 bits per heavy atom. The summed E-state index contributed by atoms with van der Waals surface area (Å²) in [4.78, 5) is 24.2. The number of anilines is 1. The van der Waals surface area contributed by atoms with Gasteiger partial charge < -0.3 is 19.9 Å². The molecule has 0 amide bonds.